The first-order chi connectivity index (χ1) is 10.2. The zero-order valence-corrected chi connectivity index (χ0v) is 12.5. The Balaban J connectivity index is 2.00. The Labute approximate surface area is 126 Å². The summed E-state index contributed by atoms with van der Waals surface area (Å²) in [6.45, 7) is 4.16. The molecule has 0 bridgehead atoms. The first-order valence-corrected chi connectivity index (χ1v) is 7.30. The Morgan fingerprint density at radius 1 is 0.762 bits per heavy atom. The minimum atomic E-state index is 0.914. The predicted octanol–water partition coefficient (Wildman–Crippen LogP) is 4.96. The molecule has 0 aliphatic rings. The molecule has 0 fully saturated rings. The Kier molecular flexibility index (Phi) is 3.83. The van der Waals surface area contributed by atoms with Crippen LogP contribution >= 0.6 is 0 Å². The van der Waals surface area contributed by atoms with Crippen LogP contribution in [0.3, 0.4) is 0 Å². The van der Waals surface area contributed by atoms with E-state index in [-0.39, 0.29) is 0 Å². The quantitative estimate of drug-likeness (QED) is 0.657. The number of aryl methyl sites for hydroxylation is 2. The summed E-state index contributed by atoms with van der Waals surface area (Å²) in [5.41, 5.74) is 7.23. The lowest BCUT2D eigenvalue weighted by molar-refractivity contribution is 1.11. The van der Waals surface area contributed by atoms with Crippen molar-refractivity contribution in [2.75, 3.05) is 0 Å². The molecule has 0 spiro atoms. The number of benzene rings is 2. The number of nitrogens with zero attached hydrogens (tertiary/aromatic N) is 1. The maximum Gasteiger partial charge on any atom is 0.0740 e. The molecule has 104 valence electrons. The van der Waals surface area contributed by atoms with Gasteiger partial charge in [-0.15, -0.1) is 0 Å². The van der Waals surface area contributed by atoms with E-state index in [1.807, 2.05) is 13.0 Å². The van der Waals surface area contributed by atoms with E-state index in [0.29, 0.717) is 0 Å². The second-order valence-corrected chi connectivity index (χ2v) is 5.49. The third-order valence-electron chi connectivity index (χ3n) is 3.68. The van der Waals surface area contributed by atoms with Crippen LogP contribution in [0.25, 0.3) is 11.3 Å². The second-order valence-electron chi connectivity index (χ2n) is 5.49. The highest BCUT2D eigenvalue weighted by Crippen LogP contribution is 2.24. The molecule has 0 N–H and O–H groups in total. The number of pyridine rings is 1. The monoisotopic (exact) mass is 273 g/mol. The summed E-state index contributed by atoms with van der Waals surface area (Å²) in [4.78, 5) is 4.76. The van der Waals surface area contributed by atoms with E-state index in [0.717, 1.165) is 17.8 Å². The van der Waals surface area contributed by atoms with E-state index in [2.05, 4.69) is 67.6 Å². The third-order valence-corrected chi connectivity index (χ3v) is 3.68. The standard InChI is InChI=1S/C20H19N/c1-15-8-11-17(12-9-15)14-19-13-10-16(2)21-20(19)18-6-4-3-5-7-18/h3-13H,14H2,1-2H3. The lowest BCUT2D eigenvalue weighted by Gasteiger charge is -2.10. The zero-order valence-electron chi connectivity index (χ0n) is 12.5. The van der Waals surface area contributed by atoms with Crippen LogP contribution in [0.15, 0.2) is 66.7 Å². The normalized spacial score (nSPS) is 10.6. The van der Waals surface area contributed by atoms with Crippen molar-refractivity contribution in [1.82, 2.24) is 4.98 Å². The van der Waals surface area contributed by atoms with E-state index in [4.69, 9.17) is 4.98 Å². The smallest absolute Gasteiger partial charge is 0.0740 e. The number of hydrogen-bond donors (Lipinski definition) is 0. The lowest BCUT2D eigenvalue weighted by Crippen LogP contribution is -1.97. The largest absolute Gasteiger partial charge is 0.253 e. The molecule has 0 unspecified atom stereocenters. The molecule has 2 aromatic carbocycles. The van der Waals surface area contributed by atoms with Gasteiger partial charge >= 0.3 is 0 Å². The van der Waals surface area contributed by atoms with Gasteiger partial charge in [0.1, 0.15) is 0 Å². The summed E-state index contributed by atoms with van der Waals surface area (Å²) < 4.78 is 0. The van der Waals surface area contributed by atoms with Crippen molar-refractivity contribution in [2.45, 2.75) is 20.3 Å². The molecule has 0 atom stereocenters. The first kappa shape index (κ1) is 13.6. The van der Waals surface area contributed by atoms with E-state index in [1.165, 1.54) is 22.3 Å². The summed E-state index contributed by atoms with van der Waals surface area (Å²) in [5.74, 6) is 0. The maximum absolute atomic E-state index is 4.76. The van der Waals surface area contributed by atoms with E-state index in [9.17, 15) is 0 Å². The highest BCUT2D eigenvalue weighted by molar-refractivity contribution is 5.63. The molecule has 1 heteroatoms. The summed E-state index contributed by atoms with van der Waals surface area (Å²) in [7, 11) is 0. The Morgan fingerprint density at radius 3 is 2.19 bits per heavy atom. The van der Waals surface area contributed by atoms with Gasteiger partial charge in [0, 0.05) is 11.3 Å². The molecule has 1 aromatic heterocycles. The molecule has 1 heterocycles. The van der Waals surface area contributed by atoms with Crippen molar-refractivity contribution in [3.05, 3.63) is 89.1 Å². The molecule has 0 aliphatic heterocycles. The highest BCUT2D eigenvalue weighted by Gasteiger charge is 2.08. The third kappa shape index (κ3) is 3.19. The van der Waals surface area contributed by atoms with Crippen molar-refractivity contribution in [3.63, 3.8) is 0 Å². The fourth-order valence-electron chi connectivity index (χ4n) is 2.50. The van der Waals surface area contributed by atoms with Crippen molar-refractivity contribution >= 4 is 0 Å². The van der Waals surface area contributed by atoms with Crippen LogP contribution in [-0.4, -0.2) is 4.98 Å². The molecular weight excluding hydrogens is 254 g/mol. The topological polar surface area (TPSA) is 12.9 Å². The molecule has 1 nitrogen and oxygen atoms in total. The Hall–Kier alpha value is -2.41. The second kappa shape index (κ2) is 5.92. The molecule has 0 radical (unpaired) electrons. The van der Waals surface area contributed by atoms with E-state index >= 15 is 0 Å². The van der Waals surface area contributed by atoms with Gasteiger partial charge in [-0.3, -0.25) is 4.98 Å². The first-order valence-electron chi connectivity index (χ1n) is 7.30. The molecule has 3 aromatic rings. The van der Waals surface area contributed by atoms with Crippen molar-refractivity contribution in [3.8, 4) is 11.3 Å². The van der Waals surface area contributed by atoms with Crippen LogP contribution in [0.4, 0.5) is 0 Å². The minimum Gasteiger partial charge on any atom is -0.253 e. The van der Waals surface area contributed by atoms with Gasteiger partial charge in [0.15, 0.2) is 0 Å². The van der Waals surface area contributed by atoms with Gasteiger partial charge in [-0.25, -0.2) is 0 Å². The lowest BCUT2D eigenvalue weighted by atomic mass is 9.98. The van der Waals surface area contributed by atoms with Gasteiger partial charge < -0.3 is 0 Å². The summed E-state index contributed by atoms with van der Waals surface area (Å²) in [6, 6.07) is 23.4. The van der Waals surface area contributed by atoms with Crippen LogP contribution < -0.4 is 0 Å². The molecule has 21 heavy (non-hydrogen) atoms. The summed E-state index contributed by atoms with van der Waals surface area (Å²) in [5, 5.41) is 0. The van der Waals surface area contributed by atoms with Crippen LogP contribution in [-0.2, 0) is 6.42 Å². The molecule has 0 saturated heterocycles. The Bertz CT molecular complexity index is 728. The average molecular weight is 273 g/mol. The van der Waals surface area contributed by atoms with Gasteiger partial charge in [0.2, 0.25) is 0 Å². The van der Waals surface area contributed by atoms with Gasteiger partial charge in [-0.05, 0) is 37.5 Å². The fraction of sp³-hybridized carbons (Fsp3) is 0.150. The number of rotatable bonds is 3. The zero-order chi connectivity index (χ0) is 14.7. The van der Waals surface area contributed by atoms with Gasteiger partial charge in [-0.1, -0.05) is 66.2 Å². The molecule has 0 saturated carbocycles. The SMILES string of the molecule is Cc1ccc(Cc2ccc(C)nc2-c2ccccc2)cc1. The van der Waals surface area contributed by atoms with Crippen LogP contribution in [0.5, 0.6) is 0 Å². The fourth-order valence-corrected chi connectivity index (χ4v) is 2.50. The molecule has 0 aliphatic carbocycles. The van der Waals surface area contributed by atoms with Crippen molar-refractivity contribution in [2.24, 2.45) is 0 Å². The molecular formula is C20H19N. The van der Waals surface area contributed by atoms with E-state index in [1.54, 1.807) is 0 Å². The Morgan fingerprint density at radius 2 is 1.48 bits per heavy atom. The summed E-state index contributed by atoms with van der Waals surface area (Å²) >= 11 is 0. The maximum atomic E-state index is 4.76. The van der Waals surface area contributed by atoms with Crippen molar-refractivity contribution < 1.29 is 0 Å². The number of hydrogen-bond acceptors (Lipinski definition) is 1. The average Bonchev–Trinajstić information content (AvgIpc) is 2.52. The summed E-state index contributed by atoms with van der Waals surface area (Å²) in [6.07, 6.45) is 0.914. The van der Waals surface area contributed by atoms with Crippen LogP contribution in [0.1, 0.15) is 22.4 Å². The van der Waals surface area contributed by atoms with Crippen molar-refractivity contribution in [1.29, 1.82) is 0 Å². The molecule has 0 amide bonds. The van der Waals surface area contributed by atoms with Crippen LogP contribution in [0, 0.1) is 13.8 Å². The van der Waals surface area contributed by atoms with E-state index < -0.39 is 0 Å². The predicted molar refractivity (Wildman–Crippen MR) is 88.4 cm³/mol. The molecule has 3 rings (SSSR count). The highest BCUT2D eigenvalue weighted by atomic mass is 14.7. The van der Waals surface area contributed by atoms with Crippen LogP contribution in [0.2, 0.25) is 0 Å². The number of aromatic nitrogens is 1. The van der Waals surface area contributed by atoms with Gasteiger partial charge in [0.25, 0.3) is 0 Å². The van der Waals surface area contributed by atoms with Gasteiger partial charge in [-0.2, -0.15) is 0 Å². The van der Waals surface area contributed by atoms with Gasteiger partial charge in [0.05, 0.1) is 5.69 Å². The minimum absolute atomic E-state index is 0.914.